The predicted octanol–water partition coefficient (Wildman–Crippen LogP) is 1.32. The van der Waals surface area contributed by atoms with Crippen molar-refractivity contribution in [3.63, 3.8) is 0 Å². The number of rotatable bonds is 11. The van der Waals surface area contributed by atoms with Crippen LogP contribution in [-0.2, 0) is 26.0 Å². The average molecular weight is 453 g/mol. The fourth-order valence-corrected chi connectivity index (χ4v) is 5.09. The van der Waals surface area contributed by atoms with Gasteiger partial charge in [0.15, 0.2) is 0 Å². The van der Waals surface area contributed by atoms with Gasteiger partial charge in [-0.3, -0.25) is 14.5 Å². The van der Waals surface area contributed by atoms with Crippen LogP contribution in [0.5, 0.6) is 0 Å². The SMILES string of the molecule is CCCNC(=O)CN1CCN(C(=O)CCc2ccc(S(=O)(=O)N(CC)CC)cc2)CC1. The molecular formula is C22H36N4O4S. The van der Waals surface area contributed by atoms with Gasteiger partial charge in [0.2, 0.25) is 21.8 Å². The maximum atomic E-state index is 12.6. The molecule has 0 spiro atoms. The summed E-state index contributed by atoms with van der Waals surface area (Å²) in [6.07, 6.45) is 1.88. The number of piperazine rings is 1. The molecule has 1 N–H and O–H groups in total. The Bertz CT molecular complexity index is 814. The highest BCUT2D eigenvalue weighted by Gasteiger charge is 2.23. The van der Waals surface area contributed by atoms with E-state index in [-0.39, 0.29) is 16.7 Å². The summed E-state index contributed by atoms with van der Waals surface area (Å²) < 4.78 is 26.5. The third-order valence-corrected chi connectivity index (χ3v) is 7.62. The number of nitrogens with zero attached hydrogens (tertiary/aromatic N) is 3. The summed E-state index contributed by atoms with van der Waals surface area (Å²) in [5.41, 5.74) is 0.943. The van der Waals surface area contributed by atoms with Crippen LogP contribution in [0.15, 0.2) is 29.2 Å². The van der Waals surface area contributed by atoms with E-state index in [1.165, 1.54) is 4.31 Å². The molecular weight excluding hydrogens is 416 g/mol. The molecule has 0 atom stereocenters. The molecule has 1 aliphatic heterocycles. The number of hydrogen-bond donors (Lipinski definition) is 1. The van der Waals surface area contributed by atoms with Crippen LogP contribution in [0.4, 0.5) is 0 Å². The monoisotopic (exact) mass is 452 g/mol. The van der Waals surface area contributed by atoms with Crippen molar-refractivity contribution in [2.24, 2.45) is 0 Å². The minimum Gasteiger partial charge on any atom is -0.355 e. The maximum absolute atomic E-state index is 12.6. The maximum Gasteiger partial charge on any atom is 0.243 e. The third kappa shape index (κ3) is 7.29. The largest absolute Gasteiger partial charge is 0.355 e. The van der Waals surface area contributed by atoms with E-state index >= 15 is 0 Å². The van der Waals surface area contributed by atoms with Crippen molar-refractivity contribution in [3.05, 3.63) is 29.8 Å². The lowest BCUT2D eigenvalue weighted by Gasteiger charge is -2.34. The Morgan fingerprint density at radius 2 is 1.61 bits per heavy atom. The fraction of sp³-hybridized carbons (Fsp3) is 0.636. The van der Waals surface area contributed by atoms with Crippen molar-refractivity contribution < 1.29 is 18.0 Å². The van der Waals surface area contributed by atoms with Gasteiger partial charge in [0, 0.05) is 52.2 Å². The zero-order valence-corrected chi connectivity index (χ0v) is 19.8. The zero-order valence-electron chi connectivity index (χ0n) is 19.0. The summed E-state index contributed by atoms with van der Waals surface area (Å²) in [6.45, 7) is 10.3. The Morgan fingerprint density at radius 3 is 2.16 bits per heavy atom. The Balaban J connectivity index is 1.80. The van der Waals surface area contributed by atoms with Gasteiger partial charge in [-0.1, -0.05) is 32.9 Å². The van der Waals surface area contributed by atoms with Gasteiger partial charge in [0.05, 0.1) is 11.4 Å². The van der Waals surface area contributed by atoms with E-state index in [1.54, 1.807) is 24.3 Å². The third-order valence-electron chi connectivity index (χ3n) is 5.56. The van der Waals surface area contributed by atoms with E-state index < -0.39 is 10.0 Å². The Hall–Kier alpha value is -1.97. The normalized spacial score (nSPS) is 15.3. The first-order valence-corrected chi connectivity index (χ1v) is 12.6. The van der Waals surface area contributed by atoms with Crippen molar-refractivity contribution in [3.8, 4) is 0 Å². The molecule has 2 rings (SSSR count). The van der Waals surface area contributed by atoms with Crippen LogP contribution >= 0.6 is 0 Å². The molecule has 0 aromatic heterocycles. The molecule has 0 radical (unpaired) electrons. The Labute approximate surface area is 186 Å². The molecule has 0 bridgehead atoms. The van der Waals surface area contributed by atoms with Gasteiger partial charge in [0.1, 0.15) is 0 Å². The minimum atomic E-state index is -3.46. The smallest absolute Gasteiger partial charge is 0.243 e. The summed E-state index contributed by atoms with van der Waals surface area (Å²) in [5.74, 6) is 0.128. The van der Waals surface area contributed by atoms with Crippen LogP contribution in [0.1, 0.15) is 39.2 Å². The van der Waals surface area contributed by atoms with Gasteiger partial charge in [-0.05, 0) is 30.5 Å². The standard InChI is InChI=1S/C22H36N4O4S/c1-4-13-23-21(27)18-24-14-16-25(17-15-24)22(28)12-9-19-7-10-20(11-8-19)31(29,30)26(5-2)6-3/h7-8,10-11H,4-6,9,12-18H2,1-3H3,(H,23,27). The molecule has 1 aromatic rings. The molecule has 2 amide bonds. The minimum absolute atomic E-state index is 0.0353. The van der Waals surface area contributed by atoms with Crippen LogP contribution in [0.2, 0.25) is 0 Å². The lowest BCUT2D eigenvalue weighted by Crippen LogP contribution is -2.51. The molecule has 31 heavy (non-hydrogen) atoms. The second-order valence-corrected chi connectivity index (χ2v) is 9.68. The van der Waals surface area contributed by atoms with Crippen molar-refractivity contribution in [1.29, 1.82) is 0 Å². The first-order chi connectivity index (χ1) is 14.8. The molecule has 1 heterocycles. The number of nitrogens with one attached hydrogen (secondary N) is 1. The highest BCUT2D eigenvalue weighted by molar-refractivity contribution is 7.89. The number of sulfonamides is 1. The highest BCUT2D eigenvalue weighted by atomic mass is 32.2. The van der Waals surface area contributed by atoms with Gasteiger partial charge >= 0.3 is 0 Å². The van der Waals surface area contributed by atoms with E-state index in [2.05, 4.69) is 10.2 Å². The van der Waals surface area contributed by atoms with Gasteiger partial charge < -0.3 is 10.2 Å². The van der Waals surface area contributed by atoms with Crippen molar-refractivity contribution in [1.82, 2.24) is 19.4 Å². The molecule has 9 heteroatoms. The van der Waals surface area contributed by atoms with Crippen LogP contribution in [0.25, 0.3) is 0 Å². The predicted molar refractivity (Wildman–Crippen MR) is 121 cm³/mol. The molecule has 0 aliphatic carbocycles. The van der Waals surface area contributed by atoms with Gasteiger partial charge in [0.25, 0.3) is 0 Å². The number of carbonyl (C=O) groups is 2. The van der Waals surface area contributed by atoms with E-state index in [9.17, 15) is 18.0 Å². The van der Waals surface area contributed by atoms with Gasteiger partial charge in [-0.25, -0.2) is 8.42 Å². The van der Waals surface area contributed by atoms with Crippen LogP contribution < -0.4 is 5.32 Å². The van der Waals surface area contributed by atoms with E-state index in [4.69, 9.17) is 0 Å². The molecule has 0 saturated carbocycles. The summed E-state index contributed by atoms with van der Waals surface area (Å²) in [7, 11) is -3.46. The lowest BCUT2D eigenvalue weighted by atomic mass is 10.1. The second kappa shape index (κ2) is 12.2. The first-order valence-electron chi connectivity index (χ1n) is 11.2. The zero-order chi connectivity index (χ0) is 22.9. The average Bonchev–Trinajstić information content (AvgIpc) is 2.77. The topological polar surface area (TPSA) is 90.0 Å². The summed E-state index contributed by atoms with van der Waals surface area (Å²) in [5, 5.41) is 2.88. The summed E-state index contributed by atoms with van der Waals surface area (Å²) >= 11 is 0. The van der Waals surface area contributed by atoms with Crippen molar-refractivity contribution in [2.45, 2.75) is 44.9 Å². The molecule has 1 fully saturated rings. The molecule has 0 unspecified atom stereocenters. The van der Waals surface area contributed by atoms with E-state index in [0.29, 0.717) is 65.2 Å². The van der Waals surface area contributed by atoms with E-state index in [1.807, 2.05) is 25.7 Å². The number of carbonyl (C=O) groups excluding carboxylic acids is 2. The van der Waals surface area contributed by atoms with Crippen LogP contribution in [0, 0.1) is 0 Å². The number of benzene rings is 1. The molecule has 1 saturated heterocycles. The van der Waals surface area contributed by atoms with E-state index in [0.717, 1.165) is 12.0 Å². The van der Waals surface area contributed by atoms with Crippen LogP contribution in [-0.4, -0.2) is 86.7 Å². The molecule has 1 aliphatic rings. The van der Waals surface area contributed by atoms with Gasteiger partial charge in [-0.2, -0.15) is 4.31 Å². The summed E-state index contributed by atoms with van der Waals surface area (Å²) in [4.78, 5) is 28.6. The Kier molecular flexibility index (Phi) is 9.93. The quantitative estimate of drug-likeness (QED) is 0.547. The first kappa shape index (κ1) is 25.3. The number of hydrogen-bond acceptors (Lipinski definition) is 5. The number of aryl methyl sites for hydroxylation is 1. The van der Waals surface area contributed by atoms with Crippen molar-refractivity contribution >= 4 is 21.8 Å². The van der Waals surface area contributed by atoms with Gasteiger partial charge in [-0.15, -0.1) is 0 Å². The Morgan fingerprint density at radius 1 is 1.00 bits per heavy atom. The van der Waals surface area contributed by atoms with Crippen LogP contribution in [0.3, 0.4) is 0 Å². The molecule has 1 aromatic carbocycles. The second-order valence-electron chi connectivity index (χ2n) is 7.74. The highest BCUT2D eigenvalue weighted by Crippen LogP contribution is 2.17. The fourth-order valence-electron chi connectivity index (χ4n) is 3.63. The molecule has 8 nitrogen and oxygen atoms in total. The lowest BCUT2D eigenvalue weighted by molar-refractivity contribution is -0.133. The van der Waals surface area contributed by atoms with Crippen molar-refractivity contribution in [2.75, 3.05) is 52.4 Å². The molecule has 174 valence electrons. The number of amides is 2. The summed E-state index contributed by atoms with van der Waals surface area (Å²) in [6, 6.07) is 6.82.